The molecule has 3 aromatic carbocycles. The molecule has 6 nitrogen and oxygen atoms in total. The second kappa shape index (κ2) is 6.84. The quantitative estimate of drug-likeness (QED) is 0.408. The van der Waals surface area contributed by atoms with E-state index in [1.54, 1.807) is 16.7 Å². The van der Waals surface area contributed by atoms with Gasteiger partial charge in [0.1, 0.15) is 5.69 Å². The number of benzene rings is 3. The highest BCUT2D eigenvalue weighted by molar-refractivity contribution is 5.78. The first kappa shape index (κ1) is 16.7. The number of rotatable bonds is 4. The smallest absolute Gasteiger partial charge is 0.277 e. The molecule has 0 amide bonds. The number of nitro groups is 1. The number of hydrogen-bond donors (Lipinski definition) is 0. The van der Waals surface area contributed by atoms with Gasteiger partial charge in [0.25, 0.3) is 11.2 Å². The van der Waals surface area contributed by atoms with E-state index in [0.29, 0.717) is 17.6 Å². The molecule has 4 rings (SSSR count). The second-order valence-electron chi connectivity index (χ2n) is 6.13. The molecule has 4 aromatic rings. The lowest BCUT2D eigenvalue weighted by molar-refractivity contribution is -0.384. The highest BCUT2D eigenvalue weighted by Gasteiger charge is 2.14. The predicted molar refractivity (Wildman–Crippen MR) is 104 cm³/mol. The summed E-state index contributed by atoms with van der Waals surface area (Å²) in [5, 5.41) is 10.9. The van der Waals surface area contributed by atoms with Gasteiger partial charge >= 0.3 is 0 Å². The Morgan fingerprint density at radius 3 is 2.26 bits per heavy atom. The molecule has 0 unspecified atom stereocenters. The first-order valence-electron chi connectivity index (χ1n) is 8.42. The number of non-ortho nitro benzene ring substituents is 1. The maximum Gasteiger partial charge on any atom is 0.277 e. The van der Waals surface area contributed by atoms with E-state index < -0.39 is 4.92 Å². The van der Waals surface area contributed by atoms with Gasteiger partial charge in [0, 0.05) is 17.7 Å². The van der Waals surface area contributed by atoms with Gasteiger partial charge in [-0.1, -0.05) is 42.5 Å². The lowest BCUT2D eigenvalue weighted by Crippen LogP contribution is -2.24. The first-order chi connectivity index (χ1) is 13.1. The minimum Gasteiger partial charge on any atom is -0.300 e. The Hall–Kier alpha value is -3.80. The monoisotopic (exact) mass is 357 g/mol. The van der Waals surface area contributed by atoms with Gasteiger partial charge in [0.05, 0.1) is 22.5 Å². The highest BCUT2D eigenvalue weighted by atomic mass is 16.6. The van der Waals surface area contributed by atoms with Crippen LogP contribution in [-0.4, -0.2) is 14.5 Å². The Morgan fingerprint density at radius 1 is 0.889 bits per heavy atom. The van der Waals surface area contributed by atoms with Crippen LogP contribution >= 0.6 is 0 Å². The standard InChI is InChI=1S/C21H15N3O3/c25-21-20(16-10-12-17(13-11-16)24(26)27)22-18-8-4-5-9-19(18)23(21)14-15-6-2-1-3-7-15/h1-13H,14H2. The van der Waals surface area contributed by atoms with Crippen LogP contribution in [0, 0.1) is 10.1 Å². The van der Waals surface area contributed by atoms with Crippen LogP contribution < -0.4 is 5.56 Å². The van der Waals surface area contributed by atoms with Gasteiger partial charge in [-0.15, -0.1) is 0 Å². The normalized spacial score (nSPS) is 10.8. The minimum atomic E-state index is -0.467. The Bertz CT molecular complexity index is 1180. The molecule has 0 saturated heterocycles. The molecule has 0 radical (unpaired) electrons. The number of aromatic nitrogens is 2. The predicted octanol–water partition coefficient (Wildman–Crippen LogP) is 4.02. The lowest BCUT2D eigenvalue weighted by Gasteiger charge is -2.12. The van der Waals surface area contributed by atoms with Crippen molar-refractivity contribution in [3.8, 4) is 11.3 Å². The molecule has 6 heteroatoms. The van der Waals surface area contributed by atoms with E-state index >= 15 is 0 Å². The summed E-state index contributed by atoms with van der Waals surface area (Å²) in [6, 6.07) is 23.1. The van der Waals surface area contributed by atoms with Crippen LogP contribution in [0.15, 0.2) is 83.7 Å². The van der Waals surface area contributed by atoms with Gasteiger partial charge in [0.2, 0.25) is 0 Å². The summed E-state index contributed by atoms with van der Waals surface area (Å²) >= 11 is 0. The molecule has 0 atom stereocenters. The van der Waals surface area contributed by atoms with Crippen LogP contribution in [0.3, 0.4) is 0 Å². The largest absolute Gasteiger partial charge is 0.300 e. The van der Waals surface area contributed by atoms with Crippen molar-refractivity contribution >= 4 is 16.7 Å². The fraction of sp³-hybridized carbons (Fsp3) is 0.0476. The van der Waals surface area contributed by atoms with Crippen LogP contribution in [0.1, 0.15) is 5.56 Å². The fourth-order valence-corrected chi connectivity index (χ4v) is 3.04. The number of fused-ring (bicyclic) bond motifs is 1. The van der Waals surface area contributed by atoms with Crippen molar-refractivity contribution in [2.45, 2.75) is 6.54 Å². The third-order valence-electron chi connectivity index (χ3n) is 4.39. The fourth-order valence-electron chi connectivity index (χ4n) is 3.04. The molecule has 0 aliphatic carbocycles. The molecule has 0 bridgehead atoms. The second-order valence-corrected chi connectivity index (χ2v) is 6.13. The van der Waals surface area contributed by atoms with Crippen LogP contribution in [0.4, 0.5) is 5.69 Å². The van der Waals surface area contributed by atoms with Crippen LogP contribution in [0.5, 0.6) is 0 Å². The summed E-state index contributed by atoms with van der Waals surface area (Å²) in [5.41, 5.74) is 3.03. The molecule has 0 aliphatic heterocycles. The SMILES string of the molecule is O=c1c(-c2ccc([N+](=O)[O-])cc2)nc2ccccc2n1Cc1ccccc1. The molecule has 1 heterocycles. The Morgan fingerprint density at radius 2 is 1.56 bits per heavy atom. The van der Waals surface area contributed by atoms with Gasteiger partial charge < -0.3 is 4.57 Å². The van der Waals surface area contributed by atoms with Crippen molar-refractivity contribution in [2.75, 3.05) is 0 Å². The van der Waals surface area contributed by atoms with E-state index in [4.69, 9.17) is 0 Å². The van der Waals surface area contributed by atoms with Crippen molar-refractivity contribution in [1.29, 1.82) is 0 Å². The molecule has 132 valence electrons. The average molecular weight is 357 g/mol. The maximum absolute atomic E-state index is 13.2. The zero-order valence-electron chi connectivity index (χ0n) is 14.3. The Labute approximate surface area is 154 Å². The van der Waals surface area contributed by atoms with E-state index in [-0.39, 0.29) is 16.9 Å². The zero-order valence-corrected chi connectivity index (χ0v) is 14.3. The molecule has 0 fully saturated rings. The lowest BCUT2D eigenvalue weighted by atomic mass is 10.1. The summed E-state index contributed by atoms with van der Waals surface area (Å²) < 4.78 is 1.69. The summed E-state index contributed by atoms with van der Waals surface area (Å²) in [6.07, 6.45) is 0. The van der Waals surface area contributed by atoms with Crippen molar-refractivity contribution < 1.29 is 4.92 Å². The van der Waals surface area contributed by atoms with Crippen molar-refractivity contribution in [1.82, 2.24) is 9.55 Å². The first-order valence-corrected chi connectivity index (χ1v) is 8.42. The third kappa shape index (κ3) is 3.20. The van der Waals surface area contributed by atoms with Gasteiger partial charge in [0.15, 0.2) is 0 Å². The summed E-state index contributed by atoms with van der Waals surface area (Å²) in [6.45, 7) is 0.419. The molecule has 0 spiro atoms. The van der Waals surface area contributed by atoms with Crippen LogP contribution in [-0.2, 0) is 6.54 Å². The molecular formula is C21H15N3O3. The Kier molecular flexibility index (Phi) is 4.22. The average Bonchev–Trinajstić information content (AvgIpc) is 2.71. The maximum atomic E-state index is 13.2. The summed E-state index contributed by atoms with van der Waals surface area (Å²) in [7, 11) is 0. The molecular weight excluding hydrogens is 342 g/mol. The van der Waals surface area contributed by atoms with Gasteiger partial charge in [-0.3, -0.25) is 14.9 Å². The minimum absolute atomic E-state index is 0.0239. The zero-order chi connectivity index (χ0) is 18.8. The number of hydrogen-bond acceptors (Lipinski definition) is 4. The van der Waals surface area contributed by atoms with Gasteiger partial charge in [-0.05, 0) is 29.8 Å². The summed E-state index contributed by atoms with van der Waals surface area (Å²) in [5.74, 6) is 0. The molecule has 0 N–H and O–H groups in total. The Balaban J connectivity index is 1.90. The number of nitro benzene ring substituents is 1. The topological polar surface area (TPSA) is 78.0 Å². The number of nitrogens with zero attached hydrogens (tertiary/aromatic N) is 3. The van der Waals surface area contributed by atoms with Crippen LogP contribution in [0.2, 0.25) is 0 Å². The van der Waals surface area contributed by atoms with E-state index in [0.717, 1.165) is 11.1 Å². The van der Waals surface area contributed by atoms with Crippen LogP contribution in [0.25, 0.3) is 22.3 Å². The number of para-hydroxylation sites is 2. The van der Waals surface area contributed by atoms with E-state index in [1.807, 2.05) is 54.6 Å². The van der Waals surface area contributed by atoms with E-state index in [1.165, 1.54) is 12.1 Å². The molecule has 0 saturated carbocycles. The van der Waals surface area contributed by atoms with E-state index in [2.05, 4.69) is 4.98 Å². The molecule has 0 aliphatic rings. The highest BCUT2D eigenvalue weighted by Crippen LogP contribution is 2.21. The van der Waals surface area contributed by atoms with Crippen molar-refractivity contribution in [3.05, 3.63) is 105 Å². The van der Waals surface area contributed by atoms with Crippen molar-refractivity contribution in [2.24, 2.45) is 0 Å². The van der Waals surface area contributed by atoms with Crippen molar-refractivity contribution in [3.63, 3.8) is 0 Å². The van der Waals surface area contributed by atoms with Gasteiger partial charge in [-0.25, -0.2) is 4.98 Å². The summed E-state index contributed by atoms with van der Waals surface area (Å²) in [4.78, 5) is 28.1. The van der Waals surface area contributed by atoms with E-state index in [9.17, 15) is 14.9 Å². The molecule has 27 heavy (non-hydrogen) atoms. The molecule has 1 aromatic heterocycles. The van der Waals surface area contributed by atoms with Gasteiger partial charge in [-0.2, -0.15) is 0 Å². The third-order valence-corrected chi connectivity index (χ3v) is 4.39.